The van der Waals surface area contributed by atoms with Gasteiger partial charge in [-0.05, 0) is 67.0 Å². The van der Waals surface area contributed by atoms with Crippen LogP contribution in [0, 0.1) is 11.8 Å². The first-order chi connectivity index (χ1) is 36.9. The third-order valence-corrected chi connectivity index (χ3v) is 12.2. The van der Waals surface area contributed by atoms with E-state index in [0.717, 1.165) is 22.3 Å². The van der Waals surface area contributed by atoms with E-state index in [-0.39, 0.29) is 38.6 Å². The molecule has 17 heteroatoms. The molecule has 0 unspecified atom stereocenters. The van der Waals surface area contributed by atoms with E-state index in [1.54, 1.807) is 103 Å². The van der Waals surface area contributed by atoms with Gasteiger partial charge in [0.05, 0.1) is 38.4 Å². The Bertz CT molecular complexity index is 2640. The van der Waals surface area contributed by atoms with Crippen LogP contribution in [0.1, 0.15) is 87.5 Å². The highest BCUT2D eigenvalue weighted by Crippen LogP contribution is 2.31. The van der Waals surface area contributed by atoms with Gasteiger partial charge >= 0.3 is 18.0 Å². The summed E-state index contributed by atoms with van der Waals surface area (Å²) in [7, 11) is 0. The average molecular weight is 1060 g/mol. The van der Waals surface area contributed by atoms with Gasteiger partial charge in [-0.2, -0.15) is 0 Å². The van der Waals surface area contributed by atoms with Gasteiger partial charge in [0.15, 0.2) is 12.3 Å². The first-order valence-electron chi connectivity index (χ1n) is 25.9. The largest absolute Gasteiger partial charge is 0.458 e. The minimum atomic E-state index is -1.67. The van der Waals surface area contributed by atoms with Crippen LogP contribution in [-0.2, 0) is 78.8 Å². The van der Waals surface area contributed by atoms with Crippen LogP contribution < -0.4 is 21.3 Å². The van der Waals surface area contributed by atoms with Gasteiger partial charge in [0.1, 0.15) is 48.6 Å². The van der Waals surface area contributed by atoms with Gasteiger partial charge in [-0.1, -0.05) is 167 Å². The fourth-order valence-corrected chi connectivity index (χ4v) is 8.27. The summed E-state index contributed by atoms with van der Waals surface area (Å²) in [5.74, 6) is -5.10. The highest BCUT2D eigenvalue weighted by molar-refractivity contribution is 5.96. The third-order valence-electron chi connectivity index (χ3n) is 12.2. The highest BCUT2D eigenvalue weighted by Gasteiger charge is 2.51. The molecule has 1 aliphatic rings. The maximum absolute atomic E-state index is 14.8. The predicted molar refractivity (Wildman–Crippen MR) is 286 cm³/mol. The van der Waals surface area contributed by atoms with Crippen molar-refractivity contribution < 1.29 is 61.9 Å². The minimum absolute atomic E-state index is 0.0299. The van der Waals surface area contributed by atoms with E-state index in [4.69, 9.17) is 33.2 Å². The van der Waals surface area contributed by atoms with E-state index >= 15 is 0 Å². The summed E-state index contributed by atoms with van der Waals surface area (Å²) in [6.07, 6.45) is -7.60. The number of hydrogen-bond donors (Lipinski definition) is 4. The first-order valence-corrected chi connectivity index (χ1v) is 25.9. The van der Waals surface area contributed by atoms with Gasteiger partial charge < -0.3 is 54.4 Å². The molecule has 0 aromatic heterocycles. The Kier molecular flexibility index (Phi) is 22.3. The van der Waals surface area contributed by atoms with E-state index < -0.39 is 108 Å². The lowest BCUT2D eigenvalue weighted by Crippen LogP contribution is -2.66. The first kappa shape index (κ1) is 58.8. The maximum Gasteiger partial charge on any atom is 0.408 e. The molecule has 4 amide bonds. The van der Waals surface area contributed by atoms with E-state index in [9.17, 15) is 28.8 Å². The molecule has 0 aliphatic carbocycles. The lowest BCUT2D eigenvalue weighted by molar-refractivity contribution is -0.265. The van der Waals surface area contributed by atoms with Gasteiger partial charge in [-0.3, -0.25) is 14.4 Å². The van der Waals surface area contributed by atoms with E-state index in [0.29, 0.717) is 0 Å². The molecule has 0 spiro atoms. The molecular formula is C60H72N4O13. The number of esters is 2. The molecular weight excluding hydrogens is 985 g/mol. The number of nitrogens with one attached hydrogen (secondary N) is 4. The fraction of sp³-hybridized carbons (Fsp3) is 0.400. The number of benzene rings is 5. The number of alkyl carbamates (subject to hydrolysis) is 1. The Hall–Kier alpha value is -7.44. The van der Waals surface area contributed by atoms with Gasteiger partial charge in [-0.25, -0.2) is 14.4 Å². The van der Waals surface area contributed by atoms with Crippen molar-refractivity contribution in [2.75, 3.05) is 6.61 Å². The minimum Gasteiger partial charge on any atom is -0.458 e. The molecule has 1 saturated heterocycles. The summed E-state index contributed by atoms with van der Waals surface area (Å²) >= 11 is 0. The molecule has 5 aromatic rings. The molecule has 0 bridgehead atoms. The van der Waals surface area contributed by atoms with Crippen molar-refractivity contribution in [3.05, 3.63) is 179 Å². The van der Waals surface area contributed by atoms with Gasteiger partial charge in [-0.15, -0.1) is 0 Å². The number of amides is 4. The summed E-state index contributed by atoms with van der Waals surface area (Å²) in [5, 5.41) is 10.8. The number of hydrogen-bond acceptors (Lipinski definition) is 13. The summed E-state index contributed by atoms with van der Waals surface area (Å²) in [5.41, 5.74) is 2.53. The normalized spacial score (nSPS) is 18.5. The molecule has 1 fully saturated rings. The fourth-order valence-electron chi connectivity index (χ4n) is 8.27. The zero-order chi connectivity index (χ0) is 55.3. The molecule has 1 heterocycles. The van der Waals surface area contributed by atoms with Crippen LogP contribution >= 0.6 is 0 Å². The van der Waals surface area contributed by atoms with Crippen molar-refractivity contribution in [1.82, 2.24) is 21.3 Å². The summed E-state index contributed by atoms with van der Waals surface area (Å²) < 4.78 is 43.9. The molecule has 77 heavy (non-hydrogen) atoms. The van der Waals surface area contributed by atoms with Crippen molar-refractivity contribution in [3.63, 3.8) is 0 Å². The smallest absolute Gasteiger partial charge is 0.408 e. The van der Waals surface area contributed by atoms with Crippen LogP contribution in [0.2, 0.25) is 0 Å². The van der Waals surface area contributed by atoms with Crippen LogP contribution in [0.4, 0.5) is 4.79 Å². The molecule has 410 valence electrons. The lowest BCUT2D eigenvalue weighted by atomic mass is 9.96. The Morgan fingerprint density at radius 3 is 1.53 bits per heavy atom. The molecule has 0 saturated carbocycles. The van der Waals surface area contributed by atoms with Crippen LogP contribution in [0.5, 0.6) is 0 Å². The second kappa shape index (κ2) is 29.2. The monoisotopic (exact) mass is 1060 g/mol. The maximum atomic E-state index is 14.8. The molecule has 0 radical (unpaired) electrons. The van der Waals surface area contributed by atoms with E-state index in [2.05, 4.69) is 21.3 Å². The number of carbonyl (C=O) groups is 6. The second-order valence-corrected chi connectivity index (χ2v) is 20.4. The van der Waals surface area contributed by atoms with Crippen LogP contribution in [0.3, 0.4) is 0 Å². The predicted octanol–water partition coefficient (Wildman–Crippen LogP) is 7.75. The summed E-state index contributed by atoms with van der Waals surface area (Å²) in [6, 6.07) is 41.5. The zero-order valence-electron chi connectivity index (χ0n) is 44.8. The molecule has 4 N–H and O–H groups in total. The molecule has 8 atom stereocenters. The third kappa shape index (κ3) is 19.0. The van der Waals surface area contributed by atoms with E-state index in [1.807, 2.05) is 97.1 Å². The lowest BCUT2D eigenvalue weighted by Gasteiger charge is -2.46. The summed E-state index contributed by atoms with van der Waals surface area (Å²) in [6.45, 7) is 12.0. The summed E-state index contributed by atoms with van der Waals surface area (Å²) in [4.78, 5) is 84.5. The number of carbonyl (C=O) groups excluding carboxylic acids is 6. The van der Waals surface area contributed by atoms with Crippen molar-refractivity contribution in [2.24, 2.45) is 11.8 Å². The van der Waals surface area contributed by atoms with Crippen LogP contribution in [-0.4, -0.2) is 96.7 Å². The number of ether oxygens (including phenoxy) is 7. The topological polar surface area (TPSA) is 215 Å². The SMILES string of the molecule is CC(C)[C@H](NC(=O)OCc1ccccc1)C(=O)N[C@@H](CC(=O)N[C@H]1O[C@H](COCc2ccccc2)[C@@H](OCc2ccccc2)[C@H](OCc2ccccc2)[C@@H]1OC(=O)c1ccccc1)C(=O)N[C@H](C(=O)OC(C)(C)C)C(C)C. The molecule has 5 aromatic carbocycles. The van der Waals surface area contributed by atoms with Gasteiger partial charge in [0.25, 0.3) is 0 Å². The molecule has 17 nitrogen and oxygen atoms in total. The Morgan fingerprint density at radius 1 is 0.545 bits per heavy atom. The van der Waals surface area contributed by atoms with Crippen molar-refractivity contribution in [3.8, 4) is 0 Å². The second-order valence-electron chi connectivity index (χ2n) is 20.4. The van der Waals surface area contributed by atoms with Crippen molar-refractivity contribution in [2.45, 2.75) is 136 Å². The molecule has 1 aliphatic heterocycles. The van der Waals surface area contributed by atoms with Crippen molar-refractivity contribution in [1.29, 1.82) is 0 Å². The van der Waals surface area contributed by atoms with Crippen LogP contribution in [0.25, 0.3) is 0 Å². The van der Waals surface area contributed by atoms with Crippen LogP contribution in [0.15, 0.2) is 152 Å². The number of rotatable bonds is 25. The van der Waals surface area contributed by atoms with E-state index in [1.165, 1.54) is 0 Å². The zero-order valence-corrected chi connectivity index (χ0v) is 44.8. The van der Waals surface area contributed by atoms with Gasteiger partial charge in [0, 0.05) is 0 Å². The highest BCUT2D eigenvalue weighted by atomic mass is 16.6. The quantitative estimate of drug-likeness (QED) is 0.0325. The van der Waals surface area contributed by atoms with Crippen molar-refractivity contribution >= 4 is 35.8 Å². The Balaban J connectivity index is 1.34. The Labute approximate surface area is 451 Å². The Morgan fingerprint density at radius 2 is 1.03 bits per heavy atom. The average Bonchev–Trinajstić information content (AvgIpc) is 3.41. The molecule has 6 rings (SSSR count). The standard InChI is InChI=1S/C60H72N4O13/c1-39(2)49(64-59(70)74-37-44-29-19-11-20-30-44)55(67)61-46(54(66)63-50(40(3)4)58(69)77-60(5,6)7)33-48(65)62-56-53(76-57(68)45-31-21-12-22-32-45)52(73-36-43-27-17-10-18-28-43)51(72-35-42-25-15-9-16-26-42)47(75-56)38-71-34-41-23-13-8-14-24-41/h8-32,39-40,46-47,49-53,56H,33-38H2,1-7H3,(H,61,67)(H,62,65)(H,63,66)(H,64,70)/t46-,47+,49-,50-,51+,52-,53-,56-/m0/s1. The van der Waals surface area contributed by atoms with Gasteiger partial charge in [0.2, 0.25) is 17.7 Å².